The van der Waals surface area contributed by atoms with E-state index in [9.17, 15) is 9.59 Å². The number of hydrogen-bond acceptors (Lipinski definition) is 4. The lowest BCUT2D eigenvalue weighted by atomic mass is 9.89. The summed E-state index contributed by atoms with van der Waals surface area (Å²) >= 11 is 7.35. The van der Waals surface area contributed by atoms with Crippen LogP contribution in [-0.4, -0.2) is 40.8 Å². The van der Waals surface area contributed by atoms with Gasteiger partial charge in [0.25, 0.3) is 5.91 Å². The molecule has 1 fully saturated rings. The lowest BCUT2D eigenvalue weighted by Gasteiger charge is -2.35. The predicted molar refractivity (Wildman–Crippen MR) is 126 cm³/mol. The Labute approximate surface area is 191 Å². The van der Waals surface area contributed by atoms with Crippen LogP contribution in [0.1, 0.15) is 48.0 Å². The summed E-state index contributed by atoms with van der Waals surface area (Å²) in [7, 11) is 0. The van der Waals surface area contributed by atoms with Crippen molar-refractivity contribution in [2.45, 2.75) is 38.6 Å². The smallest absolute Gasteiger partial charge is 0.280 e. The Morgan fingerprint density at radius 2 is 1.77 bits per heavy atom. The number of amides is 2. The Bertz CT molecular complexity index is 1040. The fraction of sp³-hybridized carbons (Fsp3) is 0.375. The number of rotatable bonds is 5. The summed E-state index contributed by atoms with van der Waals surface area (Å²) in [5.41, 5.74) is 2.07. The van der Waals surface area contributed by atoms with Gasteiger partial charge >= 0.3 is 0 Å². The molecule has 162 valence electrons. The van der Waals surface area contributed by atoms with Crippen LogP contribution in [0, 0.1) is 5.92 Å². The number of nitrogens with zero attached hydrogens (tertiary/aromatic N) is 2. The third-order valence-corrected chi connectivity index (χ3v) is 7.14. The number of carbonyl (C=O) groups excluding carboxylic acids is 2. The van der Waals surface area contributed by atoms with Crippen molar-refractivity contribution in [1.29, 1.82) is 0 Å². The highest BCUT2D eigenvalue weighted by atomic mass is 35.5. The summed E-state index contributed by atoms with van der Waals surface area (Å²) < 4.78 is 0.962. The lowest BCUT2D eigenvalue weighted by molar-refractivity contribution is -0.135. The zero-order valence-electron chi connectivity index (χ0n) is 17.7. The highest BCUT2D eigenvalue weighted by molar-refractivity contribution is 7.20. The molecule has 0 unspecified atom stereocenters. The molecule has 3 aromatic rings. The van der Waals surface area contributed by atoms with Gasteiger partial charge in [0.05, 0.1) is 10.2 Å². The first-order chi connectivity index (χ1) is 14.9. The Morgan fingerprint density at radius 1 is 1.10 bits per heavy atom. The predicted octanol–water partition coefficient (Wildman–Crippen LogP) is 5.11. The van der Waals surface area contributed by atoms with E-state index >= 15 is 0 Å². The van der Waals surface area contributed by atoms with Gasteiger partial charge in [-0.25, -0.2) is 4.98 Å². The largest absolute Gasteiger partial charge is 0.341 e. The van der Waals surface area contributed by atoms with Gasteiger partial charge in [-0.2, -0.15) is 0 Å². The van der Waals surface area contributed by atoms with E-state index < -0.39 is 6.04 Å². The van der Waals surface area contributed by atoms with Crippen molar-refractivity contribution >= 4 is 45.0 Å². The Kier molecular flexibility index (Phi) is 6.58. The van der Waals surface area contributed by atoms with Crippen molar-refractivity contribution in [2.75, 3.05) is 13.1 Å². The van der Waals surface area contributed by atoms with Crippen LogP contribution in [0.2, 0.25) is 5.02 Å². The first-order valence-corrected chi connectivity index (χ1v) is 11.8. The van der Waals surface area contributed by atoms with Crippen LogP contribution in [0.3, 0.4) is 0 Å². The summed E-state index contributed by atoms with van der Waals surface area (Å²) in [6.45, 7) is 5.29. The van der Waals surface area contributed by atoms with Gasteiger partial charge in [-0.05, 0) is 54.5 Å². The number of piperidine rings is 1. The summed E-state index contributed by atoms with van der Waals surface area (Å²) in [6.07, 6.45) is 1.81. The lowest BCUT2D eigenvalue weighted by Crippen LogP contribution is -2.52. The average molecular weight is 456 g/mol. The van der Waals surface area contributed by atoms with Crippen molar-refractivity contribution in [1.82, 2.24) is 15.2 Å². The van der Waals surface area contributed by atoms with Gasteiger partial charge in [0.1, 0.15) is 6.04 Å². The standard InChI is InChI=1S/C24H26ClN3O2S/c1-15(2)21(27-22(29)23-26-19-5-3-4-6-20(19)31-23)24(30)28-13-11-17(12-14-28)16-7-9-18(25)10-8-16/h3-10,15,17,21H,11-14H2,1-2H3,(H,27,29)/t21-/m1/s1. The third kappa shape index (κ3) is 4.91. The summed E-state index contributed by atoms with van der Waals surface area (Å²) in [5.74, 6) is 0.110. The van der Waals surface area contributed by atoms with Gasteiger partial charge in [-0.1, -0.05) is 49.7 Å². The fourth-order valence-electron chi connectivity index (χ4n) is 4.05. The Hall–Kier alpha value is -2.44. The molecule has 0 radical (unpaired) electrons. The van der Waals surface area contributed by atoms with E-state index in [1.165, 1.54) is 16.9 Å². The van der Waals surface area contributed by atoms with Gasteiger partial charge in [0.2, 0.25) is 5.91 Å². The van der Waals surface area contributed by atoms with Crippen LogP contribution in [0.5, 0.6) is 0 Å². The van der Waals surface area contributed by atoms with E-state index in [2.05, 4.69) is 22.4 Å². The molecule has 0 saturated carbocycles. The normalized spacial score (nSPS) is 15.9. The second-order valence-corrected chi connectivity index (χ2v) is 9.80. The van der Waals surface area contributed by atoms with E-state index in [1.54, 1.807) is 0 Å². The van der Waals surface area contributed by atoms with Crippen LogP contribution in [0.25, 0.3) is 10.2 Å². The first-order valence-electron chi connectivity index (χ1n) is 10.6. The minimum Gasteiger partial charge on any atom is -0.341 e. The number of para-hydroxylation sites is 1. The third-order valence-electron chi connectivity index (χ3n) is 5.86. The zero-order valence-corrected chi connectivity index (χ0v) is 19.2. The minimum absolute atomic E-state index is 0.0141. The second-order valence-electron chi connectivity index (χ2n) is 8.33. The molecule has 0 bridgehead atoms. The molecule has 4 rings (SSSR count). The molecule has 2 amide bonds. The van der Waals surface area contributed by atoms with Gasteiger partial charge in [0.15, 0.2) is 5.01 Å². The number of thiazole rings is 1. The molecule has 1 saturated heterocycles. The number of fused-ring (bicyclic) bond motifs is 1. The van der Waals surface area contributed by atoms with Crippen molar-refractivity contribution in [3.05, 3.63) is 64.1 Å². The maximum absolute atomic E-state index is 13.2. The molecule has 1 atom stereocenters. The highest BCUT2D eigenvalue weighted by Crippen LogP contribution is 2.29. The van der Waals surface area contributed by atoms with E-state index in [-0.39, 0.29) is 17.7 Å². The number of nitrogens with one attached hydrogen (secondary N) is 1. The molecule has 31 heavy (non-hydrogen) atoms. The molecule has 0 spiro atoms. The monoisotopic (exact) mass is 455 g/mol. The van der Waals surface area contributed by atoms with Crippen LogP contribution >= 0.6 is 22.9 Å². The highest BCUT2D eigenvalue weighted by Gasteiger charge is 2.32. The van der Waals surface area contributed by atoms with Gasteiger partial charge in [-0.3, -0.25) is 9.59 Å². The number of carbonyl (C=O) groups is 2. The molecule has 0 aliphatic carbocycles. The second kappa shape index (κ2) is 9.37. The van der Waals surface area contributed by atoms with E-state index in [0.717, 1.165) is 28.1 Å². The molecule has 1 aliphatic heterocycles. The molecule has 1 aromatic heterocycles. The molecular weight excluding hydrogens is 430 g/mol. The summed E-state index contributed by atoms with van der Waals surface area (Å²) in [5, 5.41) is 4.07. The van der Waals surface area contributed by atoms with Crippen molar-refractivity contribution < 1.29 is 9.59 Å². The number of aromatic nitrogens is 1. The molecule has 2 heterocycles. The topological polar surface area (TPSA) is 62.3 Å². The molecule has 1 aliphatic rings. The fourth-order valence-corrected chi connectivity index (χ4v) is 5.05. The Balaban J connectivity index is 1.40. The van der Waals surface area contributed by atoms with Crippen LogP contribution in [0.4, 0.5) is 0 Å². The van der Waals surface area contributed by atoms with Crippen LogP contribution < -0.4 is 5.32 Å². The van der Waals surface area contributed by atoms with Crippen molar-refractivity contribution in [3.8, 4) is 0 Å². The maximum Gasteiger partial charge on any atom is 0.280 e. The first kappa shape index (κ1) is 21.8. The van der Waals surface area contributed by atoms with Gasteiger partial charge in [0, 0.05) is 18.1 Å². The molecule has 1 N–H and O–H groups in total. The van der Waals surface area contributed by atoms with E-state index in [4.69, 9.17) is 11.6 Å². The quantitative estimate of drug-likeness (QED) is 0.581. The number of halogens is 1. The number of likely N-dealkylation sites (tertiary alicyclic amines) is 1. The minimum atomic E-state index is -0.563. The maximum atomic E-state index is 13.2. The van der Waals surface area contributed by atoms with Gasteiger partial charge < -0.3 is 10.2 Å². The van der Waals surface area contributed by atoms with Crippen molar-refractivity contribution in [2.24, 2.45) is 5.92 Å². The van der Waals surface area contributed by atoms with E-state index in [1.807, 2.05) is 55.1 Å². The molecule has 2 aromatic carbocycles. The molecule has 5 nitrogen and oxygen atoms in total. The van der Waals surface area contributed by atoms with E-state index in [0.29, 0.717) is 24.0 Å². The molecule has 7 heteroatoms. The van der Waals surface area contributed by atoms with Gasteiger partial charge in [-0.15, -0.1) is 11.3 Å². The Morgan fingerprint density at radius 3 is 2.42 bits per heavy atom. The summed E-state index contributed by atoms with van der Waals surface area (Å²) in [6, 6.07) is 15.1. The van der Waals surface area contributed by atoms with Crippen molar-refractivity contribution in [3.63, 3.8) is 0 Å². The zero-order chi connectivity index (χ0) is 22.0. The number of hydrogen-bond donors (Lipinski definition) is 1. The van der Waals surface area contributed by atoms with Crippen LogP contribution in [-0.2, 0) is 4.79 Å². The number of benzene rings is 2. The SMILES string of the molecule is CC(C)[C@@H](NC(=O)c1nc2ccccc2s1)C(=O)N1CCC(c2ccc(Cl)cc2)CC1. The summed E-state index contributed by atoms with van der Waals surface area (Å²) in [4.78, 5) is 32.4. The van der Waals surface area contributed by atoms with Crippen LogP contribution in [0.15, 0.2) is 48.5 Å². The average Bonchev–Trinajstić information content (AvgIpc) is 3.22. The molecular formula is C24H26ClN3O2S.